The monoisotopic (exact) mass is 357 g/mol. The number of hydrogen-bond donors (Lipinski definition) is 3. The number of anilines is 2. The van der Waals surface area contributed by atoms with Gasteiger partial charge in [-0.3, -0.25) is 5.10 Å². The van der Waals surface area contributed by atoms with Crippen LogP contribution in [0.15, 0.2) is 24.3 Å². The van der Waals surface area contributed by atoms with Crippen LogP contribution in [-0.2, 0) is 0 Å². The van der Waals surface area contributed by atoms with Gasteiger partial charge in [-0.25, -0.2) is 9.97 Å². The number of nitrogens with zero attached hydrogens (tertiary/aromatic N) is 4. The Hall–Kier alpha value is -2.71. The zero-order valence-electron chi connectivity index (χ0n) is 12.5. The number of hydrogen-bond acceptors (Lipinski definition) is 7. The van der Waals surface area contributed by atoms with Gasteiger partial charge in [0.1, 0.15) is 4.83 Å². The lowest BCUT2D eigenvalue weighted by Crippen LogP contribution is -1.97. The highest BCUT2D eigenvalue weighted by Gasteiger charge is 2.16. The molecule has 3 aromatic heterocycles. The fourth-order valence-electron chi connectivity index (χ4n) is 2.54. The van der Waals surface area contributed by atoms with Gasteiger partial charge in [-0.15, -0.1) is 16.4 Å². The van der Waals surface area contributed by atoms with Gasteiger partial charge in [-0.1, -0.05) is 17.7 Å². The minimum Gasteiger partial charge on any atom is -0.368 e. The minimum absolute atomic E-state index is 0.196. The Kier molecular flexibility index (Phi) is 3.36. The van der Waals surface area contributed by atoms with Crippen molar-refractivity contribution in [3.05, 3.63) is 34.9 Å². The van der Waals surface area contributed by atoms with Gasteiger partial charge in [0.25, 0.3) is 0 Å². The van der Waals surface area contributed by atoms with Gasteiger partial charge in [-0.2, -0.15) is 4.98 Å². The van der Waals surface area contributed by atoms with Crippen molar-refractivity contribution in [3.8, 4) is 22.0 Å². The van der Waals surface area contributed by atoms with Crippen LogP contribution in [0.3, 0.4) is 0 Å². The molecule has 4 rings (SSSR count). The number of aryl methyl sites for hydroxylation is 1. The molecule has 0 saturated heterocycles. The van der Waals surface area contributed by atoms with E-state index in [0.717, 1.165) is 31.9 Å². The number of rotatable bonds is 2. The molecule has 0 aliphatic rings. The third-order valence-corrected chi connectivity index (χ3v) is 4.86. The topological polar surface area (TPSA) is 119 Å². The van der Waals surface area contributed by atoms with Crippen molar-refractivity contribution in [2.75, 3.05) is 11.5 Å². The molecule has 1 aromatic carbocycles. The summed E-state index contributed by atoms with van der Waals surface area (Å²) in [6, 6.07) is 7.62. The van der Waals surface area contributed by atoms with Crippen molar-refractivity contribution in [2.24, 2.45) is 0 Å². The van der Waals surface area contributed by atoms with Gasteiger partial charge in [0, 0.05) is 16.0 Å². The maximum atomic E-state index is 6.05. The van der Waals surface area contributed by atoms with E-state index < -0.39 is 0 Å². The SMILES string of the molecule is Cc1cc(Cl)ccc1-c1nc(N)nc2sc(-c3nc(N)n[nH]3)cc12. The molecule has 0 amide bonds. The van der Waals surface area contributed by atoms with E-state index in [1.165, 1.54) is 11.3 Å². The third-order valence-electron chi connectivity index (χ3n) is 3.59. The molecular formula is C15H12ClN7S. The van der Waals surface area contributed by atoms with E-state index in [2.05, 4.69) is 25.1 Å². The van der Waals surface area contributed by atoms with Crippen molar-refractivity contribution in [3.63, 3.8) is 0 Å². The fourth-order valence-corrected chi connectivity index (χ4v) is 3.74. The van der Waals surface area contributed by atoms with Gasteiger partial charge >= 0.3 is 0 Å². The summed E-state index contributed by atoms with van der Waals surface area (Å²) in [5.41, 5.74) is 14.2. The second kappa shape index (κ2) is 5.43. The Labute approximate surface area is 145 Å². The van der Waals surface area contributed by atoms with E-state index in [1.807, 2.05) is 31.2 Å². The predicted molar refractivity (Wildman–Crippen MR) is 96.8 cm³/mol. The van der Waals surface area contributed by atoms with Crippen molar-refractivity contribution < 1.29 is 0 Å². The molecule has 0 aliphatic heterocycles. The van der Waals surface area contributed by atoms with Crippen molar-refractivity contribution in [1.29, 1.82) is 0 Å². The highest BCUT2D eigenvalue weighted by atomic mass is 35.5. The van der Waals surface area contributed by atoms with E-state index in [-0.39, 0.29) is 11.9 Å². The molecule has 0 saturated carbocycles. The zero-order valence-corrected chi connectivity index (χ0v) is 14.1. The lowest BCUT2D eigenvalue weighted by Gasteiger charge is -2.07. The summed E-state index contributed by atoms with van der Waals surface area (Å²) in [6.45, 7) is 1.98. The maximum absolute atomic E-state index is 6.05. The van der Waals surface area contributed by atoms with E-state index in [4.69, 9.17) is 23.1 Å². The first-order chi connectivity index (χ1) is 11.5. The number of halogens is 1. The zero-order chi connectivity index (χ0) is 16.8. The summed E-state index contributed by atoms with van der Waals surface area (Å²) in [4.78, 5) is 14.6. The summed E-state index contributed by atoms with van der Waals surface area (Å²) >= 11 is 7.50. The predicted octanol–water partition coefficient (Wildman–Crippen LogP) is 3.27. The first-order valence-electron chi connectivity index (χ1n) is 7.03. The first kappa shape index (κ1) is 14.9. The van der Waals surface area contributed by atoms with E-state index in [1.54, 1.807) is 0 Å². The molecule has 3 heterocycles. The first-order valence-corrected chi connectivity index (χ1v) is 8.22. The van der Waals surface area contributed by atoms with Crippen LogP contribution in [0.25, 0.3) is 32.2 Å². The molecule has 0 aliphatic carbocycles. The highest BCUT2D eigenvalue weighted by molar-refractivity contribution is 7.21. The van der Waals surface area contributed by atoms with Crippen molar-refractivity contribution in [2.45, 2.75) is 6.92 Å². The quantitative estimate of drug-likeness (QED) is 0.506. The molecular weight excluding hydrogens is 346 g/mol. The Morgan fingerprint density at radius 1 is 1.08 bits per heavy atom. The van der Waals surface area contributed by atoms with Crippen LogP contribution in [-0.4, -0.2) is 25.1 Å². The number of thiophene rings is 1. The smallest absolute Gasteiger partial charge is 0.239 e. The molecule has 0 bridgehead atoms. The standard InChI is InChI=1S/C15H12ClN7S/c1-6-4-7(16)2-3-8(6)11-9-5-10(12-20-15(18)23-22-12)24-13(9)21-14(17)19-11/h2-5H,1H3,(H2,17,19,21)(H3,18,20,22,23). The van der Waals surface area contributed by atoms with E-state index in [9.17, 15) is 0 Å². The maximum Gasteiger partial charge on any atom is 0.239 e. The Morgan fingerprint density at radius 3 is 2.62 bits per heavy atom. The normalized spacial score (nSPS) is 11.2. The molecule has 0 spiro atoms. The largest absolute Gasteiger partial charge is 0.368 e. The summed E-state index contributed by atoms with van der Waals surface area (Å²) < 4.78 is 0. The summed E-state index contributed by atoms with van der Waals surface area (Å²) in [7, 11) is 0. The molecule has 24 heavy (non-hydrogen) atoms. The van der Waals surface area contributed by atoms with Crippen LogP contribution in [0.1, 0.15) is 5.56 Å². The minimum atomic E-state index is 0.196. The second-order valence-corrected chi connectivity index (χ2v) is 6.73. The van der Waals surface area contributed by atoms with Gasteiger partial charge < -0.3 is 11.5 Å². The van der Waals surface area contributed by atoms with Crippen LogP contribution in [0.4, 0.5) is 11.9 Å². The van der Waals surface area contributed by atoms with Crippen LogP contribution >= 0.6 is 22.9 Å². The lowest BCUT2D eigenvalue weighted by atomic mass is 10.0. The number of fused-ring (bicyclic) bond motifs is 1. The van der Waals surface area contributed by atoms with Crippen LogP contribution < -0.4 is 11.5 Å². The van der Waals surface area contributed by atoms with Gasteiger partial charge in [0.2, 0.25) is 11.9 Å². The van der Waals surface area contributed by atoms with Gasteiger partial charge in [0.15, 0.2) is 5.82 Å². The average Bonchev–Trinajstić information content (AvgIpc) is 3.12. The summed E-state index contributed by atoms with van der Waals surface area (Å²) in [5, 5.41) is 8.23. The number of benzene rings is 1. The summed E-state index contributed by atoms with van der Waals surface area (Å²) in [5.74, 6) is 1.01. The van der Waals surface area contributed by atoms with Gasteiger partial charge in [0.05, 0.1) is 10.6 Å². The summed E-state index contributed by atoms with van der Waals surface area (Å²) in [6.07, 6.45) is 0. The van der Waals surface area contributed by atoms with Crippen LogP contribution in [0.5, 0.6) is 0 Å². The number of nitrogens with two attached hydrogens (primary N) is 2. The van der Waals surface area contributed by atoms with Gasteiger partial charge in [-0.05, 0) is 30.7 Å². The molecule has 5 N–H and O–H groups in total. The molecule has 4 aromatic rings. The molecule has 0 radical (unpaired) electrons. The number of nitrogens with one attached hydrogen (secondary N) is 1. The Bertz CT molecular complexity index is 1070. The number of H-pyrrole nitrogens is 1. The van der Waals surface area contributed by atoms with Crippen molar-refractivity contribution >= 4 is 45.1 Å². The second-order valence-electron chi connectivity index (χ2n) is 5.26. The molecule has 120 valence electrons. The average molecular weight is 358 g/mol. The Morgan fingerprint density at radius 2 is 1.92 bits per heavy atom. The van der Waals surface area contributed by atoms with E-state index in [0.29, 0.717) is 10.8 Å². The molecule has 0 fully saturated rings. The molecule has 7 nitrogen and oxygen atoms in total. The Balaban J connectivity index is 1.96. The molecule has 0 atom stereocenters. The number of aromatic nitrogens is 5. The molecule has 9 heteroatoms. The highest BCUT2D eigenvalue weighted by Crippen LogP contribution is 2.37. The van der Waals surface area contributed by atoms with Crippen molar-refractivity contribution in [1.82, 2.24) is 25.1 Å². The molecule has 0 unspecified atom stereocenters. The number of nitrogen functional groups attached to an aromatic ring is 2. The fraction of sp³-hybridized carbons (Fsp3) is 0.0667. The lowest BCUT2D eigenvalue weighted by molar-refractivity contribution is 1.11. The number of aromatic amines is 1. The van der Waals surface area contributed by atoms with Crippen LogP contribution in [0.2, 0.25) is 5.02 Å². The van der Waals surface area contributed by atoms with Crippen LogP contribution in [0, 0.1) is 6.92 Å². The third kappa shape index (κ3) is 2.45. The van der Waals surface area contributed by atoms with E-state index >= 15 is 0 Å².